The lowest BCUT2D eigenvalue weighted by Gasteiger charge is -2.63. The molecule has 4 aliphatic carbocycles. The fourth-order valence-electron chi connectivity index (χ4n) is 6.49. The fourth-order valence-corrected chi connectivity index (χ4v) is 6.49. The van der Waals surface area contributed by atoms with Crippen LogP contribution in [0.1, 0.15) is 63.0 Å². The van der Waals surface area contributed by atoms with E-state index in [4.69, 9.17) is 4.42 Å². The van der Waals surface area contributed by atoms with Crippen LogP contribution in [-0.2, 0) is 0 Å². The first-order valence-corrected chi connectivity index (χ1v) is 8.26. The molecule has 0 aliphatic heterocycles. The van der Waals surface area contributed by atoms with E-state index in [-0.39, 0.29) is 0 Å². The van der Waals surface area contributed by atoms with E-state index in [0.29, 0.717) is 16.9 Å². The zero-order valence-corrected chi connectivity index (χ0v) is 13.0. The van der Waals surface area contributed by atoms with Gasteiger partial charge in [-0.15, -0.1) is 0 Å². The topological polar surface area (TPSA) is 25.2 Å². The van der Waals surface area contributed by atoms with Gasteiger partial charge in [0.25, 0.3) is 0 Å². The van der Waals surface area contributed by atoms with Gasteiger partial charge in [-0.2, -0.15) is 0 Å². The minimum atomic E-state index is 0.404. The second-order valence-electron chi connectivity index (χ2n) is 8.30. The van der Waals surface area contributed by atoms with E-state index >= 15 is 0 Å². The molecule has 1 aromatic rings. The van der Waals surface area contributed by atoms with Gasteiger partial charge in [0.2, 0.25) is 0 Å². The summed E-state index contributed by atoms with van der Waals surface area (Å²) in [5.74, 6) is 4.13. The SMILES string of the molecule is CNC(c1ccc(C)o1)C12CC3CC(CC(C)(C3)C1)C2. The first-order valence-electron chi connectivity index (χ1n) is 8.26. The van der Waals surface area contributed by atoms with Crippen molar-refractivity contribution in [1.82, 2.24) is 5.32 Å². The van der Waals surface area contributed by atoms with Crippen LogP contribution < -0.4 is 5.32 Å². The van der Waals surface area contributed by atoms with Crippen molar-refractivity contribution < 1.29 is 4.42 Å². The zero-order valence-electron chi connectivity index (χ0n) is 13.0. The Balaban J connectivity index is 1.72. The maximum Gasteiger partial charge on any atom is 0.121 e. The van der Waals surface area contributed by atoms with Crippen LogP contribution in [0.3, 0.4) is 0 Å². The summed E-state index contributed by atoms with van der Waals surface area (Å²) < 4.78 is 6.00. The van der Waals surface area contributed by atoms with E-state index in [0.717, 1.165) is 23.4 Å². The van der Waals surface area contributed by atoms with Gasteiger partial charge in [-0.05, 0) is 87.3 Å². The highest BCUT2D eigenvalue weighted by Gasteiger charge is 2.58. The van der Waals surface area contributed by atoms with Gasteiger partial charge in [0.15, 0.2) is 0 Å². The largest absolute Gasteiger partial charge is 0.465 e. The van der Waals surface area contributed by atoms with E-state index in [2.05, 4.69) is 38.3 Å². The molecule has 3 atom stereocenters. The molecule has 2 heteroatoms. The van der Waals surface area contributed by atoms with Gasteiger partial charge in [-0.1, -0.05) is 6.92 Å². The molecule has 20 heavy (non-hydrogen) atoms. The molecule has 0 saturated heterocycles. The van der Waals surface area contributed by atoms with Gasteiger partial charge in [0.05, 0.1) is 6.04 Å². The van der Waals surface area contributed by atoms with E-state index in [9.17, 15) is 0 Å². The molecular formula is C18H27NO. The van der Waals surface area contributed by atoms with Gasteiger partial charge >= 0.3 is 0 Å². The lowest BCUT2D eigenvalue weighted by Crippen LogP contribution is -2.54. The minimum Gasteiger partial charge on any atom is -0.465 e. The fraction of sp³-hybridized carbons (Fsp3) is 0.778. The number of hydrogen-bond acceptors (Lipinski definition) is 2. The number of furan rings is 1. The van der Waals surface area contributed by atoms with Crippen molar-refractivity contribution >= 4 is 0 Å². The Morgan fingerprint density at radius 2 is 1.90 bits per heavy atom. The third-order valence-electron chi connectivity index (χ3n) is 6.35. The van der Waals surface area contributed by atoms with Crippen molar-refractivity contribution in [2.24, 2.45) is 22.7 Å². The van der Waals surface area contributed by atoms with Crippen LogP contribution in [-0.4, -0.2) is 7.05 Å². The Morgan fingerprint density at radius 1 is 1.20 bits per heavy atom. The molecule has 0 spiro atoms. The number of hydrogen-bond donors (Lipinski definition) is 1. The molecule has 0 aromatic carbocycles. The molecular weight excluding hydrogens is 246 g/mol. The van der Waals surface area contributed by atoms with E-state index in [1.165, 1.54) is 38.5 Å². The van der Waals surface area contributed by atoms with Crippen LogP contribution in [0.25, 0.3) is 0 Å². The van der Waals surface area contributed by atoms with E-state index in [1.54, 1.807) is 0 Å². The smallest absolute Gasteiger partial charge is 0.121 e. The third kappa shape index (κ3) is 1.80. The highest BCUT2D eigenvalue weighted by atomic mass is 16.3. The predicted molar refractivity (Wildman–Crippen MR) is 80.5 cm³/mol. The van der Waals surface area contributed by atoms with Crippen LogP contribution in [0.2, 0.25) is 0 Å². The Kier molecular flexibility index (Phi) is 2.67. The molecule has 4 fully saturated rings. The summed E-state index contributed by atoms with van der Waals surface area (Å²) in [7, 11) is 2.11. The molecule has 1 N–H and O–H groups in total. The second-order valence-corrected chi connectivity index (χ2v) is 8.30. The van der Waals surface area contributed by atoms with E-state index < -0.39 is 0 Å². The van der Waals surface area contributed by atoms with E-state index in [1.807, 2.05) is 0 Å². The summed E-state index contributed by atoms with van der Waals surface area (Å²) in [5, 5.41) is 3.61. The molecule has 0 radical (unpaired) electrons. The molecule has 1 heterocycles. The van der Waals surface area contributed by atoms with Crippen LogP contribution in [0.5, 0.6) is 0 Å². The average molecular weight is 273 g/mol. The van der Waals surface area contributed by atoms with Gasteiger partial charge < -0.3 is 9.73 Å². The summed E-state index contributed by atoms with van der Waals surface area (Å²) >= 11 is 0. The Morgan fingerprint density at radius 3 is 2.40 bits per heavy atom. The molecule has 4 bridgehead atoms. The number of rotatable bonds is 3. The molecule has 110 valence electrons. The molecule has 1 aromatic heterocycles. The third-order valence-corrected chi connectivity index (χ3v) is 6.35. The van der Waals surface area contributed by atoms with Gasteiger partial charge in [-0.3, -0.25) is 0 Å². The summed E-state index contributed by atoms with van der Waals surface area (Å²) in [6.07, 6.45) is 8.63. The van der Waals surface area contributed by atoms with Crippen molar-refractivity contribution in [2.45, 2.75) is 58.4 Å². The number of nitrogens with one attached hydrogen (secondary N) is 1. The summed E-state index contributed by atoms with van der Waals surface area (Å²) in [4.78, 5) is 0. The van der Waals surface area contributed by atoms with Crippen LogP contribution in [0.15, 0.2) is 16.5 Å². The lowest BCUT2D eigenvalue weighted by atomic mass is 9.43. The molecule has 4 aliphatic rings. The first-order chi connectivity index (χ1) is 9.52. The van der Waals surface area contributed by atoms with Crippen molar-refractivity contribution in [2.75, 3.05) is 7.05 Å². The summed E-state index contributed by atoms with van der Waals surface area (Å²) in [6, 6.07) is 4.71. The van der Waals surface area contributed by atoms with Gasteiger partial charge in [-0.25, -0.2) is 0 Å². The Hall–Kier alpha value is -0.760. The zero-order chi connectivity index (χ0) is 14.0. The summed E-state index contributed by atoms with van der Waals surface area (Å²) in [5.41, 5.74) is 1.04. The lowest BCUT2D eigenvalue weighted by molar-refractivity contribution is -0.120. The Bertz CT molecular complexity index is 503. The van der Waals surface area contributed by atoms with Crippen molar-refractivity contribution in [3.05, 3.63) is 23.7 Å². The average Bonchev–Trinajstić information content (AvgIpc) is 2.72. The maximum atomic E-state index is 6.00. The molecule has 4 saturated carbocycles. The highest BCUT2D eigenvalue weighted by molar-refractivity contribution is 5.18. The standard InChI is InChI=1S/C18H27NO/c1-12-4-5-15(20-12)16(19-3)18-9-13-6-14(10-18)8-17(2,7-13)11-18/h4-5,13-14,16,19H,6-11H2,1-3H3. The normalized spacial score (nSPS) is 44.0. The molecule has 2 nitrogen and oxygen atoms in total. The quantitative estimate of drug-likeness (QED) is 0.880. The Labute approximate surface area is 122 Å². The second kappa shape index (κ2) is 4.13. The monoisotopic (exact) mass is 273 g/mol. The minimum absolute atomic E-state index is 0.404. The van der Waals surface area contributed by atoms with Crippen LogP contribution in [0.4, 0.5) is 0 Å². The maximum absolute atomic E-state index is 6.00. The van der Waals surface area contributed by atoms with Crippen LogP contribution in [0, 0.1) is 29.6 Å². The highest BCUT2D eigenvalue weighted by Crippen LogP contribution is 2.68. The first kappa shape index (κ1) is 12.9. The summed E-state index contributed by atoms with van der Waals surface area (Å²) in [6.45, 7) is 4.59. The molecule has 0 amide bonds. The van der Waals surface area contributed by atoms with Crippen molar-refractivity contribution in [3.63, 3.8) is 0 Å². The van der Waals surface area contributed by atoms with Gasteiger partial charge in [0, 0.05) is 0 Å². The molecule has 5 rings (SSSR count). The number of aryl methyl sites for hydroxylation is 1. The van der Waals surface area contributed by atoms with Crippen molar-refractivity contribution in [1.29, 1.82) is 0 Å². The van der Waals surface area contributed by atoms with Crippen molar-refractivity contribution in [3.8, 4) is 0 Å². The van der Waals surface area contributed by atoms with Gasteiger partial charge in [0.1, 0.15) is 11.5 Å². The molecule has 3 unspecified atom stereocenters. The van der Waals surface area contributed by atoms with Crippen LogP contribution >= 0.6 is 0 Å². The predicted octanol–water partition coefficient (Wildman–Crippen LogP) is 4.46.